The van der Waals surface area contributed by atoms with Crippen molar-refractivity contribution in [2.75, 3.05) is 0 Å². The summed E-state index contributed by atoms with van der Waals surface area (Å²) < 4.78 is 56.6. The Labute approximate surface area is 198 Å². The van der Waals surface area contributed by atoms with Gasteiger partial charge < -0.3 is 14.0 Å². The Morgan fingerprint density at radius 3 is 2.60 bits per heavy atom. The first kappa shape index (κ1) is 23.1. The molecule has 0 amide bonds. The van der Waals surface area contributed by atoms with Gasteiger partial charge in [-0.3, -0.25) is 0 Å². The van der Waals surface area contributed by atoms with E-state index in [0.717, 1.165) is 31.7 Å². The number of ether oxygens (including phenoxy) is 2. The van der Waals surface area contributed by atoms with Crippen LogP contribution in [-0.2, 0) is 0 Å². The molecule has 0 N–H and O–H groups in total. The molecular weight excluding hydrogens is 465 g/mol. The number of alkyl halides is 2. The Hall–Kier alpha value is -3.70. The minimum Gasteiger partial charge on any atom is -0.474 e. The van der Waals surface area contributed by atoms with Crippen molar-refractivity contribution in [3.8, 4) is 17.3 Å². The summed E-state index contributed by atoms with van der Waals surface area (Å²) in [6, 6.07) is 3.41. The van der Waals surface area contributed by atoms with Crippen molar-refractivity contribution in [1.29, 1.82) is 0 Å². The molecule has 184 valence electrons. The smallest absolute Gasteiger partial charge is 0.387 e. The summed E-state index contributed by atoms with van der Waals surface area (Å²) >= 11 is 0. The Kier molecular flexibility index (Phi) is 6.27. The molecule has 1 fully saturated rings. The van der Waals surface area contributed by atoms with Crippen molar-refractivity contribution in [1.82, 2.24) is 29.9 Å². The molecule has 3 heterocycles. The van der Waals surface area contributed by atoms with Crippen LogP contribution in [-0.4, -0.2) is 42.6 Å². The number of nitrogens with zero attached hydrogens (tertiary/aromatic N) is 6. The molecule has 1 aromatic carbocycles. The maximum Gasteiger partial charge on any atom is 0.387 e. The average molecular weight is 488 g/mol. The largest absolute Gasteiger partial charge is 0.474 e. The number of rotatable bonds is 7. The van der Waals surface area contributed by atoms with Crippen LogP contribution in [0.4, 0.5) is 13.2 Å². The van der Waals surface area contributed by atoms with Gasteiger partial charge in [-0.1, -0.05) is 19.0 Å². The van der Waals surface area contributed by atoms with Crippen LogP contribution in [0, 0.1) is 5.82 Å². The predicted octanol–water partition coefficient (Wildman–Crippen LogP) is 5.17. The van der Waals surface area contributed by atoms with Crippen LogP contribution in [0.15, 0.2) is 35.2 Å². The van der Waals surface area contributed by atoms with Gasteiger partial charge in [-0.25, -0.2) is 19.0 Å². The highest BCUT2D eigenvalue weighted by atomic mass is 19.3. The van der Waals surface area contributed by atoms with E-state index in [4.69, 9.17) is 9.26 Å². The number of halogens is 3. The second-order valence-corrected chi connectivity index (χ2v) is 8.70. The van der Waals surface area contributed by atoms with Crippen molar-refractivity contribution in [2.24, 2.45) is 0 Å². The topological polar surface area (TPSA) is 101 Å². The number of aromatic nitrogens is 6. The minimum absolute atomic E-state index is 0.0344. The molecule has 3 aromatic heterocycles. The Morgan fingerprint density at radius 1 is 1.11 bits per heavy atom. The van der Waals surface area contributed by atoms with Crippen LogP contribution in [0.3, 0.4) is 0 Å². The number of benzene rings is 1. The van der Waals surface area contributed by atoms with Crippen LogP contribution in [0.1, 0.15) is 63.1 Å². The predicted molar refractivity (Wildman–Crippen MR) is 117 cm³/mol. The molecule has 1 aliphatic rings. The first-order chi connectivity index (χ1) is 16.9. The molecule has 0 unspecified atom stereocenters. The third kappa shape index (κ3) is 4.77. The molecule has 0 saturated heterocycles. The van der Waals surface area contributed by atoms with Crippen LogP contribution < -0.4 is 9.47 Å². The highest BCUT2D eigenvalue weighted by Crippen LogP contribution is 2.35. The highest BCUT2D eigenvalue weighted by molar-refractivity contribution is 5.81. The van der Waals surface area contributed by atoms with E-state index in [1.807, 2.05) is 13.8 Å². The van der Waals surface area contributed by atoms with Crippen molar-refractivity contribution < 1.29 is 27.2 Å². The zero-order valence-electron chi connectivity index (χ0n) is 19.1. The van der Waals surface area contributed by atoms with Crippen LogP contribution in [0.25, 0.3) is 16.7 Å². The van der Waals surface area contributed by atoms with Crippen LogP contribution in [0.2, 0.25) is 0 Å². The highest BCUT2D eigenvalue weighted by Gasteiger charge is 2.29. The van der Waals surface area contributed by atoms with E-state index in [1.165, 1.54) is 29.3 Å². The van der Waals surface area contributed by atoms with Gasteiger partial charge in [0.1, 0.15) is 29.3 Å². The molecule has 4 aromatic rings. The molecule has 35 heavy (non-hydrogen) atoms. The first-order valence-corrected chi connectivity index (χ1v) is 11.3. The fourth-order valence-electron chi connectivity index (χ4n) is 4.16. The van der Waals surface area contributed by atoms with Gasteiger partial charge in [-0.2, -0.15) is 18.9 Å². The number of hydrogen-bond donors (Lipinski definition) is 0. The van der Waals surface area contributed by atoms with E-state index in [2.05, 4.69) is 29.9 Å². The monoisotopic (exact) mass is 488 g/mol. The standard InChI is InChI=1S/C23H23F3N6O3/c1-12(2)19-30-21(35-31-19)13-3-5-14(6-4-13)33-22-16-10-29-32(20(16)27-11-28-22)18-8-7-15(9-17(18)24)34-23(25)26/h7-14,23H,3-6H2,1-2H3. The Morgan fingerprint density at radius 2 is 1.91 bits per heavy atom. The van der Waals surface area contributed by atoms with E-state index >= 15 is 0 Å². The second kappa shape index (κ2) is 9.51. The zero-order valence-corrected chi connectivity index (χ0v) is 19.1. The normalized spacial score (nSPS) is 18.5. The van der Waals surface area contributed by atoms with Crippen molar-refractivity contribution in [3.63, 3.8) is 0 Å². The van der Waals surface area contributed by atoms with Crippen LogP contribution in [0.5, 0.6) is 11.6 Å². The molecule has 12 heteroatoms. The summed E-state index contributed by atoms with van der Waals surface area (Å²) in [6.45, 7) is 1.00. The molecule has 5 rings (SSSR count). The van der Waals surface area contributed by atoms with Gasteiger partial charge in [0.2, 0.25) is 11.8 Å². The summed E-state index contributed by atoms with van der Waals surface area (Å²) in [5, 5.41) is 8.78. The van der Waals surface area contributed by atoms with Crippen molar-refractivity contribution in [2.45, 2.75) is 64.1 Å². The lowest BCUT2D eigenvalue weighted by atomic mass is 9.87. The molecule has 0 aliphatic heterocycles. The van der Waals surface area contributed by atoms with Gasteiger partial charge in [-0.05, 0) is 37.8 Å². The fourth-order valence-corrected chi connectivity index (χ4v) is 4.16. The van der Waals surface area contributed by atoms with Gasteiger partial charge in [-0.15, -0.1) is 0 Å². The summed E-state index contributed by atoms with van der Waals surface area (Å²) in [5.41, 5.74) is 0.365. The summed E-state index contributed by atoms with van der Waals surface area (Å²) in [4.78, 5) is 13.0. The molecular formula is C23H23F3N6O3. The van der Waals surface area contributed by atoms with E-state index in [-0.39, 0.29) is 29.4 Å². The molecule has 0 spiro atoms. The maximum atomic E-state index is 14.6. The molecule has 0 bridgehead atoms. The molecule has 1 aliphatic carbocycles. The van der Waals surface area contributed by atoms with Crippen molar-refractivity contribution >= 4 is 11.0 Å². The fraction of sp³-hybridized carbons (Fsp3) is 0.435. The third-order valence-corrected chi connectivity index (χ3v) is 5.98. The lowest BCUT2D eigenvalue weighted by Crippen LogP contribution is -2.24. The summed E-state index contributed by atoms with van der Waals surface area (Å²) in [6.07, 6.45) is 5.99. The van der Waals surface area contributed by atoms with Gasteiger partial charge in [0.05, 0.1) is 6.20 Å². The Balaban J connectivity index is 1.30. The first-order valence-electron chi connectivity index (χ1n) is 11.3. The molecule has 9 nitrogen and oxygen atoms in total. The quantitative estimate of drug-likeness (QED) is 0.351. The number of hydrogen-bond acceptors (Lipinski definition) is 8. The SMILES string of the molecule is CC(C)c1noc(C2CCC(Oc3ncnc4c3cnn4-c3ccc(OC(F)F)cc3F)CC2)n1. The third-order valence-electron chi connectivity index (χ3n) is 5.98. The van der Waals surface area contributed by atoms with Gasteiger partial charge in [0, 0.05) is 17.9 Å². The zero-order chi connectivity index (χ0) is 24.5. The lowest BCUT2D eigenvalue weighted by molar-refractivity contribution is -0.0500. The average Bonchev–Trinajstić information content (AvgIpc) is 3.48. The lowest BCUT2D eigenvalue weighted by Gasteiger charge is -2.26. The van der Waals surface area contributed by atoms with E-state index in [1.54, 1.807) is 0 Å². The van der Waals surface area contributed by atoms with E-state index in [0.29, 0.717) is 28.6 Å². The summed E-state index contributed by atoms with van der Waals surface area (Å²) in [5.74, 6) is 1.08. The van der Waals surface area contributed by atoms with Gasteiger partial charge >= 0.3 is 6.61 Å². The number of fused-ring (bicyclic) bond motifs is 1. The molecule has 0 radical (unpaired) electrons. The molecule has 0 atom stereocenters. The molecule has 1 saturated carbocycles. The Bertz CT molecular complexity index is 1320. The second-order valence-electron chi connectivity index (χ2n) is 8.70. The van der Waals surface area contributed by atoms with Gasteiger partial charge in [0.25, 0.3) is 0 Å². The van der Waals surface area contributed by atoms with Gasteiger partial charge in [0.15, 0.2) is 17.3 Å². The van der Waals surface area contributed by atoms with E-state index < -0.39 is 12.4 Å². The minimum atomic E-state index is -3.04. The summed E-state index contributed by atoms with van der Waals surface area (Å²) in [7, 11) is 0. The van der Waals surface area contributed by atoms with E-state index in [9.17, 15) is 13.2 Å². The van der Waals surface area contributed by atoms with Crippen molar-refractivity contribution in [3.05, 3.63) is 48.3 Å². The maximum absolute atomic E-state index is 14.6. The van der Waals surface area contributed by atoms with Crippen LogP contribution >= 0.6 is 0 Å².